The third-order valence-corrected chi connectivity index (χ3v) is 2.74. The smallest absolute Gasteiger partial charge is 0.305 e. The second-order valence-electron chi connectivity index (χ2n) is 4.68. The van der Waals surface area contributed by atoms with Gasteiger partial charge in [0.15, 0.2) is 0 Å². The van der Waals surface area contributed by atoms with E-state index in [-0.39, 0.29) is 19.2 Å². The van der Waals surface area contributed by atoms with Crippen LogP contribution in [0.3, 0.4) is 0 Å². The largest absolute Gasteiger partial charge is 0.462 e. The Labute approximate surface area is 120 Å². The van der Waals surface area contributed by atoms with Crippen molar-refractivity contribution in [1.82, 2.24) is 0 Å². The number of hydrogen-bond donors (Lipinski definition) is 1. The maximum Gasteiger partial charge on any atom is 0.305 e. The van der Waals surface area contributed by atoms with Crippen LogP contribution in [0.5, 0.6) is 0 Å². The van der Waals surface area contributed by atoms with E-state index in [0.717, 1.165) is 44.9 Å². The first-order valence-electron chi connectivity index (χ1n) is 6.60. The van der Waals surface area contributed by atoms with E-state index in [9.17, 15) is 4.79 Å². The summed E-state index contributed by atoms with van der Waals surface area (Å²) in [6.07, 6.45) is 7.73. The molecule has 0 radical (unpaired) electrons. The lowest BCUT2D eigenvalue weighted by molar-refractivity contribution is -0.144. The lowest BCUT2D eigenvalue weighted by atomic mass is 10.1. The number of aliphatic hydroxyl groups is 1. The van der Waals surface area contributed by atoms with Gasteiger partial charge >= 0.3 is 5.97 Å². The van der Waals surface area contributed by atoms with E-state index < -0.39 is 4.33 Å². The molecule has 0 unspecified atom stereocenters. The van der Waals surface area contributed by atoms with Crippen molar-refractivity contribution >= 4 is 29.2 Å². The normalized spacial score (nSPS) is 11.6. The van der Waals surface area contributed by atoms with Crippen LogP contribution in [0.4, 0.5) is 0 Å². The van der Waals surface area contributed by atoms with Crippen LogP contribution in [0.2, 0.25) is 0 Å². The molecule has 3 nitrogen and oxygen atoms in total. The molecule has 0 aromatic carbocycles. The number of esters is 1. The molecule has 5 heteroatoms. The van der Waals surface area contributed by atoms with Crippen LogP contribution in [0.25, 0.3) is 0 Å². The monoisotopic (exact) mass is 298 g/mol. The van der Waals surface area contributed by atoms with Gasteiger partial charge in [0.1, 0.15) is 10.9 Å². The van der Waals surface area contributed by atoms with Crippen molar-refractivity contribution in [3.63, 3.8) is 0 Å². The summed E-state index contributed by atoms with van der Waals surface area (Å²) in [5, 5.41) is 8.61. The highest BCUT2D eigenvalue weighted by Gasteiger charge is 2.18. The number of carbonyl (C=O) groups is 1. The molecule has 18 heavy (non-hydrogen) atoms. The van der Waals surface area contributed by atoms with Gasteiger partial charge in [-0.3, -0.25) is 4.79 Å². The number of hydrogen-bond acceptors (Lipinski definition) is 3. The van der Waals surface area contributed by atoms with Crippen LogP contribution >= 0.6 is 23.2 Å². The number of halogens is 2. The number of unbranched alkanes of at least 4 members (excludes halogenated alkanes) is 6. The zero-order valence-corrected chi connectivity index (χ0v) is 12.6. The van der Waals surface area contributed by atoms with E-state index >= 15 is 0 Å². The molecule has 0 bridgehead atoms. The average Bonchev–Trinajstić information content (AvgIpc) is 2.29. The van der Waals surface area contributed by atoms with Gasteiger partial charge in [0, 0.05) is 13.0 Å². The van der Waals surface area contributed by atoms with Gasteiger partial charge in [-0.15, -0.1) is 0 Å². The van der Waals surface area contributed by atoms with Gasteiger partial charge in [-0.1, -0.05) is 55.3 Å². The van der Waals surface area contributed by atoms with Crippen LogP contribution in [-0.4, -0.2) is 28.6 Å². The van der Waals surface area contributed by atoms with Gasteiger partial charge < -0.3 is 9.84 Å². The summed E-state index contributed by atoms with van der Waals surface area (Å²) >= 11 is 11.4. The van der Waals surface area contributed by atoms with Crippen molar-refractivity contribution in [2.45, 2.75) is 62.6 Å². The first kappa shape index (κ1) is 18.0. The highest BCUT2D eigenvalue weighted by Crippen LogP contribution is 2.19. The zero-order valence-electron chi connectivity index (χ0n) is 11.1. The Kier molecular flexibility index (Phi) is 10.9. The maximum absolute atomic E-state index is 11.3. The minimum Gasteiger partial charge on any atom is -0.462 e. The average molecular weight is 299 g/mol. The molecule has 0 saturated heterocycles. The molecule has 0 heterocycles. The first-order chi connectivity index (χ1) is 8.45. The SMILES string of the molecule is CC(Cl)(Cl)COC(=O)CCCCCCCCCO. The van der Waals surface area contributed by atoms with E-state index in [1.165, 1.54) is 0 Å². The third-order valence-electron chi connectivity index (χ3n) is 2.53. The molecule has 0 rings (SSSR count). The number of aliphatic hydroxyl groups excluding tert-OH is 1. The molecular formula is C13H24Cl2O3. The van der Waals surface area contributed by atoms with E-state index in [1.54, 1.807) is 6.92 Å². The van der Waals surface area contributed by atoms with Gasteiger partial charge in [-0.05, 0) is 19.8 Å². The lowest BCUT2D eigenvalue weighted by Gasteiger charge is -2.13. The predicted molar refractivity (Wildman–Crippen MR) is 75.1 cm³/mol. The highest BCUT2D eigenvalue weighted by atomic mass is 35.5. The molecule has 0 saturated carbocycles. The molecule has 0 spiro atoms. The standard InChI is InChI=1S/C13H24Cl2O3/c1-13(14,15)11-18-12(17)9-7-5-3-2-4-6-8-10-16/h16H,2-11H2,1H3. The quantitative estimate of drug-likeness (QED) is 0.358. The van der Waals surface area contributed by atoms with Gasteiger partial charge in [-0.25, -0.2) is 0 Å². The third kappa shape index (κ3) is 14.1. The van der Waals surface area contributed by atoms with E-state index in [0.29, 0.717) is 6.42 Å². The molecule has 0 aliphatic heterocycles. The molecule has 0 aliphatic rings. The van der Waals surface area contributed by atoms with Crippen molar-refractivity contribution in [3.05, 3.63) is 0 Å². The van der Waals surface area contributed by atoms with Crippen LogP contribution < -0.4 is 0 Å². The summed E-state index contributed by atoms with van der Waals surface area (Å²) in [6.45, 7) is 1.91. The van der Waals surface area contributed by atoms with Gasteiger partial charge in [0.25, 0.3) is 0 Å². The zero-order chi connectivity index (χ0) is 13.9. The molecule has 0 atom stereocenters. The fourth-order valence-corrected chi connectivity index (χ4v) is 1.65. The first-order valence-corrected chi connectivity index (χ1v) is 7.35. The summed E-state index contributed by atoms with van der Waals surface area (Å²) in [7, 11) is 0. The van der Waals surface area contributed by atoms with Gasteiger partial charge in [0.2, 0.25) is 0 Å². The number of carbonyl (C=O) groups excluding carboxylic acids is 1. The minimum absolute atomic E-state index is 0.0378. The highest BCUT2D eigenvalue weighted by molar-refractivity contribution is 6.48. The van der Waals surface area contributed by atoms with Crippen molar-refractivity contribution < 1.29 is 14.6 Å². The van der Waals surface area contributed by atoms with Crippen LogP contribution in [0.1, 0.15) is 58.3 Å². The molecule has 108 valence electrons. The second-order valence-corrected chi connectivity index (χ2v) is 6.54. The Bertz CT molecular complexity index is 215. The molecular weight excluding hydrogens is 275 g/mol. The summed E-state index contributed by atoms with van der Waals surface area (Å²) in [5.41, 5.74) is 0. The van der Waals surface area contributed by atoms with E-state index in [1.807, 2.05) is 0 Å². The van der Waals surface area contributed by atoms with E-state index in [2.05, 4.69) is 0 Å². The Morgan fingerprint density at radius 1 is 1.06 bits per heavy atom. The molecule has 0 amide bonds. The van der Waals surface area contributed by atoms with Crippen molar-refractivity contribution in [2.75, 3.05) is 13.2 Å². The van der Waals surface area contributed by atoms with Crippen molar-refractivity contribution in [3.8, 4) is 0 Å². The molecule has 0 aliphatic carbocycles. The summed E-state index contributed by atoms with van der Waals surface area (Å²) in [4.78, 5) is 11.3. The van der Waals surface area contributed by atoms with Crippen LogP contribution in [-0.2, 0) is 9.53 Å². The van der Waals surface area contributed by atoms with Crippen LogP contribution in [0.15, 0.2) is 0 Å². The Balaban J connectivity index is 3.25. The van der Waals surface area contributed by atoms with Crippen LogP contribution in [0, 0.1) is 0 Å². The molecule has 0 fully saturated rings. The Morgan fingerprint density at radius 2 is 1.56 bits per heavy atom. The molecule has 1 N–H and O–H groups in total. The van der Waals surface area contributed by atoms with Gasteiger partial charge in [0.05, 0.1) is 0 Å². The number of rotatable bonds is 11. The van der Waals surface area contributed by atoms with Gasteiger partial charge in [-0.2, -0.15) is 0 Å². The molecule has 0 aromatic rings. The second kappa shape index (κ2) is 10.9. The fraction of sp³-hybridized carbons (Fsp3) is 0.923. The Hall–Kier alpha value is 0.01000. The number of alkyl halides is 2. The maximum atomic E-state index is 11.3. The minimum atomic E-state index is -0.998. The number of ether oxygens (including phenoxy) is 1. The Morgan fingerprint density at radius 3 is 2.06 bits per heavy atom. The summed E-state index contributed by atoms with van der Waals surface area (Å²) in [6, 6.07) is 0. The van der Waals surface area contributed by atoms with Crippen molar-refractivity contribution in [1.29, 1.82) is 0 Å². The molecule has 0 aromatic heterocycles. The topological polar surface area (TPSA) is 46.5 Å². The summed E-state index contributed by atoms with van der Waals surface area (Å²) in [5.74, 6) is -0.234. The predicted octanol–water partition coefficient (Wildman–Crippen LogP) is 3.84. The van der Waals surface area contributed by atoms with Crippen molar-refractivity contribution in [2.24, 2.45) is 0 Å². The summed E-state index contributed by atoms with van der Waals surface area (Å²) < 4.78 is 3.94. The lowest BCUT2D eigenvalue weighted by Crippen LogP contribution is -2.19. The fourth-order valence-electron chi connectivity index (χ4n) is 1.54. The van der Waals surface area contributed by atoms with E-state index in [4.69, 9.17) is 33.0 Å².